The van der Waals surface area contributed by atoms with Gasteiger partial charge in [-0.3, -0.25) is 4.57 Å². The van der Waals surface area contributed by atoms with Crippen molar-refractivity contribution in [3.63, 3.8) is 0 Å². The molecule has 31 heavy (non-hydrogen) atoms. The number of hydrogen-bond donors (Lipinski definition) is 0. The fraction of sp³-hybridized carbons (Fsp3) is 0.280. The minimum Gasteiger partial charge on any atom is -0.493 e. The fourth-order valence-electron chi connectivity index (χ4n) is 3.49. The lowest BCUT2D eigenvalue weighted by molar-refractivity contribution is 0.302. The minimum atomic E-state index is 0.540. The van der Waals surface area contributed by atoms with Crippen LogP contribution in [0.15, 0.2) is 65.3 Å². The van der Waals surface area contributed by atoms with E-state index in [1.54, 1.807) is 6.20 Å². The quantitative estimate of drug-likeness (QED) is 0.278. The number of imidazole rings is 1. The summed E-state index contributed by atoms with van der Waals surface area (Å²) in [7, 11) is 0. The molecule has 0 saturated heterocycles. The average Bonchev–Trinajstić information content (AvgIpc) is 3.38. The van der Waals surface area contributed by atoms with Crippen LogP contribution in [0.4, 0.5) is 0 Å². The molecule has 0 atom stereocenters. The molecule has 0 fully saturated rings. The highest BCUT2D eigenvalue weighted by molar-refractivity contribution is 6.30. The van der Waals surface area contributed by atoms with Gasteiger partial charge in [0.1, 0.15) is 23.0 Å². The molecule has 0 aliphatic carbocycles. The number of unbranched alkanes of at least 4 members (excludes halogenated alkanes) is 2. The second-order valence-corrected chi connectivity index (χ2v) is 7.98. The molecule has 6 heteroatoms. The Labute approximate surface area is 187 Å². The van der Waals surface area contributed by atoms with Gasteiger partial charge in [0.2, 0.25) is 0 Å². The standard InChI is InChI=1S/C25H26ClN3O2/c1-18-8-5-6-9-22(18)30-17-7-3-4-10-23-24(20-11-13-21(26)14-12-20)28-25(31-23)29-16-15-27-19(29)2/h5-6,8-9,11-16H,3-4,7,10,17H2,1-2H3. The Kier molecular flexibility index (Phi) is 6.73. The molecule has 4 rings (SSSR count). The molecular formula is C25H26ClN3O2. The average molecular weight is 436 g/mol. The molecule has 0 aliphatic rings. The number of hydrogen-bond acceptors (Lipinski definition) is 4. The third-order valence-corrected chi connectivity index (χ3v) is 5.49. The van der Waals surface area contributed by atoms with Crippen LogP contribution in [-0.2, 0) is 6.42 Å². The number of aromatic nitrogens is 3. The Morgan fingerprint density at radius 3 is 2.55 bits per heavy atom. The van der Waals surface area contributed by atoms with Gasteiger partial charge in [-0.25, -0.2) is 4.98 Å². The normalized spacial score (nSPS) is 11.1. The molecule has 2 heterocycles. The predicted octanol–water partition coefficient (Wildman–Crippen LogP) is 6.59. The number of ether oxygens (including phenoxy) is 1. The van der Waals surface area contributed by atoms with Crippen molar-refractivity contribution < 1.29 is 9.15 Å². The smallest absolute Gasteiger partial charge is 0.307 e. The zero-order valence-electron chi connectivity index (χ0n) is 17.8. The van der Waals surface area contributed by atoms with Crippen LogP contribution in [0.1, 0.15) is 36.4 Å². The van der Waals surface area contributed by atoms with Gasteiger partial charge in [-0.05, 0) is 56.9 Å². The molecule has 5 nitrogen and oxygen atoms in total. The molecule has 0 radical (unpaired) electrons. The van der Waals surface area contributed by atoms with Gasteiger partial charge in [0.25, 0.3) is 0 Å². The van der Waals surface area contributed by atoms with E-state index in [1.807, 2.05) is 60.2 Å². The van der Waals surface area contributed by atoms with E-state index in [-0.39, 0.29) is 0 Å². The van der Waals surface area contributed by atoms with E-state index in [2.05, 4.69) is 18.0 Å². The summed E-state index contributed by atoms with van der Waals surface area (Å²) >= 11 is 6.06. The number of benzene rings is 2. The molecule has 0 amide bonds. The SMILES string of the molecule is Cc1ccccc1OCCCCCc1oc(-n2ccnc2C)nc1-c1ccc(Cl)cc1. The molecule has 0 saturated carbocycles. The van der Waals surface area contributed by atoms with Gasteiger partial charge in [-0.2, -0.15) is 4.98 Å². The van der Waals surface area contributed by atoms with E-state index in [1.165, 1.54) is 5.56 Å². The van der Waals surface area contributed by atoms with Crippen LogP contribution in [0.3, 0.4) is 0 Å². The third kappa shape index (κ3) is 5.17. The van der Waals surface area contributed by atoms with E-state index < -0.39 is 0 Å². The molecule has 2 aromatic heterocycles. The van der Waals surface area contributed by atoms with Gasteiger partial charge in [0, 0.05) is 29.4 Å². The van der Waals surface area contributed by atoms with Gasteiger partial charge < -0.3 is 9.15 Å². The van der Waals surface area contributed by atoms with Crippen molar-refractivity contribution in [2.45, 2.75) is 39.5 Å². The number of nitrogens with zero attached hydrogens (tertiary/aromatic N) is 3. The van der Waals surface area contributed by atoms with E-state index in [9.17, 15) is 0 Å². The fourth-order valence-corrected chi connectivity index (χ4v) is 3.62. The molecule has 160 valence electrons. The van der Waals surface area contributed by atoms with E-state index in [0.29, 0.717) is 17.6 Å². The summed E-state index contributed by atoms with van der Waals surface area (Å²) in [6.45, 7) is 4.71. The summed E-state index contributed by atoms with van der Waals surface area (Å²) < 4.78 is 13.9. The first-order valence-corrected chi connectivity index (χ1v) is 10.9. The van der Waals surface area contributed by atoms with Crippen molar-refractivity contribution in [3.05, 3.63) is 83.1 Å². The molecule has 0 bridgehead atoms. The van der Waals surface area contributed by atoms with Crippen LogP contribution in [0.25, 0.3) is 17.3 Å². The van der Waals surface area contributed by atoms with Crippen molar-refractivity contribution >= 4 is 11.6 Å². The van der Waals surface area contributed by atoms with Gasteiger partial charge in [0.15, 0.2) is 0 Å². The van der Waals surface area contributed by atoms with Crippen molar-refractivity contribution in [1.29, 1.82) is 0 Å². The second-order valence-electron chi connectivity index (χ2n) is 7.54. The third-order valence-electron chi connectivity index (χ3n) is 5.23. The number of rotatable bonds is 9. The maximum Gasteiger partial charge on any atom is 0.307 e. The Hall–Kier alpha value is -3.05. The summed E-state index contributed by atoms with van der Waals surface area (Å²) in [5.41, 5.74) is 3.02. The summed E-state index contributed by atoms with van der Waals surface area (Å²) in [6.07, 6.45) is 7.45. The largest absolute Gasteiger partial charge is 0.493 e. The zero-order chi connectivity index (χ0) is 21.6. The Morgan fingerprint density at radius 1 is 1.00 bits per heavy atom. The van der Waals surface area contributed by atoms with Crippen molar-refractivity contribution in [2.75, 3.05) is 6.61 Å². The first kappa shape index (κ1) is 21.2. The predicted molar refractivity (Wildman–Crippen MR) is 123 cm³/mol. The molecule has 4 aromatic rings. The van der Waals surface area contributed by atoms with Crippen molar-refractivity contribution in [1.82, 2.24) is 14.5 Å². The van der Waals surface area contributed by atoms with Gasteiger partial charge in [-0.1, -0.05) is 41.9 Å². The van der Waals surface area contributed by atoms with Crippen molar-refractivity contribution in [3.8, 4) is 23.0 Å². The Balaban J connectivity index is 1.40. The van der Waals surface area contributed by atoms with E-state index >= 15 is 0 Å². The van der Waals surface area contributed by atoms with Crippen molar-refractivity contribution in [2.24, 2.45) is 0 Å². The van der Waals surface area contributed by atoms with E-state index in [0.717, 1.165) is 54.3 Å². The van der Waals surface area contributed by atoms with Crippen LogP contribution in [0.5, 0.6) is 5.75 Å². The van der Waals surface area contributed by atoms with Gasteiger partial charge >= 0.3 is 6.01 Å². The molecule has 0 unspecified atom stereocenters. The van der Waals surface area contributed by atoms with Crippen LogP contribution >= 0.6 is 11.6 Å². The van der Waals surface area contributed by atoms with Crippen LogP contribution < -0.4 is 4.74 Å². The van der Waals surface area contributed by atoms with E-state index in [4.69, 9.17) is 25.7 Å². The summed E-state index contributed by atoms with van der Waals surface area (Å²) in [5.74, 6) is 2.68. The lowest BCUT2D eigenvalue weighted by atomic mass is 10.1. The molecule has 0 N–H and O–H groups in total. The number of halogens is 1. The highest BCUT2D eigenvalue weighted by Gasteiger charge is 2.17. The number of oxazole rings is 1. The van der Waals surface area contributed by atoms with Gasteiger partial charge in [0.05, 0.1) is 6.61 Å². The molecular weight excluding hydrogens is 410 g/mol. The number of aryl methyl sites for hydroxylation is 3. The lowest BCUT2D eigenvalue weighted by Gasteiger charge is -2.08. The summed E-state index contributed by atoms with van der Waals surface area (Å²) in [4.78, 5) is 9.04. The highest BCUT2D eigenvalue weighted by atomic mass is 35.5. The Bertz CT molecular complexity index is 1130. The number of para-hydroxylation sites is 1. The zero-order valence-corrected chi connectivity index (χ0v) is 18.6. The molecule has 2 aromatic carbocycles. The lowest BCUT2D eigenvalue weighted by Crippen LogP contribution is -1.99. The minimum absolute atomic E-state index is 0.540. The topological polar surface area (TPSA) is 53.1 Å². The summed E-state index contributed by atoms with van der Waals surface area (Å²) in [6, 6.07) is 16.4. The second kappa shape index (κ2) is 9.84. The maximum absolute atomic E-state index is 6.16. The Morgan fingerprint density at radius 2 is 1.81 bits per heavy atom. The van der Waals surface area contributed by atoms with Crippen LogP contribution in [0.2, 0.25) is 5.02 Å². The molecule has 0 spiro atoms. The molecule has 0 aliphatic heterocycles. The van der Waals surface area contributed by atoms with Crippen LogP contribution in [0, 0.1) is 13.8 Å². The highest BCUT2D eigenvalue weighted by Crippen LogP contribution is 2.28. The first-order chi connectivity index (χ1) is 15.1. The first-order valence-electron chi connectivity index (χ1n) is 10.6. The van der Waals surface area contributed by atoms with Gasteiger partial charge in [-0.15, -0.1) is 0 Å². The monoisotopic (exact) mass is 435 g/mol. The maximum atomic E-state index is 6.16. The summed E-state index contributed by atoms with van der Waals surface area (Å²) in [5, 5.41) is 0.702. The van der Waals surface area contributed by atoms with Crippen LogP contribution in [-0.4, -0.2) is 21.1 Å².